The van der Waals surface area contributed by atoms with E-state index in [0.29, 0.717) is 17.9 Å². The number of fused-ring (bicyclic) bond motifs is 1. The molecule has 4 nitrogen and oxygen atoms in total. The summed E-state index contributed by atoms with van der Waals surface area (Å²) >= 11 is 0. The Kier molecular flexibility index (Phi) is 3.76. The summed E-state index contributed by atoms with van der Waals surface area (Å²) in [5.41, 5.74) is 1.38. The molecule has 1 aliphatic rings. The summed E-state index contributed by atoms with van der Waals surface area (Å²) in [6.07, 6.45) is 4.40. The second kappa shape index (κ2) is 5.71. The second-order valence-electron chi connectivity index (χ2n) is 5.91. The molecular weight excluding hydrogens is 262 g/mol. The number of aliphatic hydroxyl groups is 1. The van der Waals surface area contributed by atoms with Crippen LogP contribution in [0.3, 0.4) is 0 Å². The molecule has 3 rings (SSSR count). The number of hydrogen-bond donors (Lipinski definition) is 2. The lowest BCUT2D eigenvalue weighted by Crippen LogP contribution is -2.31. The average Bonchev–Trinajstić information content (AvgIpc) is 3.01. The van der Waals surface area contributed by atoms with Gasteiger partial charge in [-0.05, 0) is 25.0 Å². The van der Waals surface area contributed by atoms with Gasteiger partial charge in [-0.1, -0.05) is 31.0 Å². The van der Waals surface area contributed by atoms with Gasteiger partial charge in [0.15, 0.2) is 0 Å². The van der Waals surface area contributed by atoms with Gasteiger partial charge < -0.3 is 10.4 Å². The molecule has 0 spiro atoms. The summed E-state index contributed by atoms with van der Waals surface area (Å²) in [6.45, 7) is 0.860. The molecule has 4 heteroatoms. The van der Waals surface area contributed by atoms with Crippen molar-refractivity contribution >= 4 is 16.7 Å². The minimum atomic E-state index is -0.0555. The van der Waals surface area contributed by atoms with Crippen molar-refractivity contribution in [1.82, 2.24) is 4.98 Å². The molecule has 1 aromatic heterocycles. The summed E-state index contributed by atoms with van der Waals surface area (Å²) in [5.74, 6) is 0.621. The Hall–Kier alpha value is -2.12. The average molecular weight is 281 g/mol. The minimum Gasteiger partial charge on any atom is -0.396 e. The van der Waals surface area contributed by atoms with E-state index in [9.17, 15) is 10.4 Å². The summed E-state index contributed by atoms with van der Waals surface area (Å²) in [5, 5.41) is 23.2. The zero-order valence-electron chi connectivity index (χ0n) is 12.0. The van der Waals surface area contributed by atoms with Crippen molar-refractivity contribution in [2.24, 2.45) is 5.41 Å². The van der Waals surface area contributed by atoms with Gasteiger partial charge in [-0.15, -0.1) is 0 Å². The number of para-hydroxylation sites is 1. The van der Waals surface area contributed by atoms with Gasteiger partial charge >= 0.3 is 0 Å². The number of anilines is 1. The highest BCUT2D eigenvalue weighted by molar-refractivity contribution is 5.82. The molecular formula is C17H19N3O. The molecule has 1 saturated carbocycles. The van der Waals surface area contributed by atoms with Crippen LogP contribution in [0.1, 0.15) is 31.2 Å². The fraction of sp³-hybridized carbons (Fsp3) is 0.412. The quantitative estimate of drug-likeness (QED) is 0.903. The van der Waals surface area contributed by atoms with Gasteiger partial charge in [-0.3, -0.25) is 0 Å². The Balaban J connectivity index is 1.87. The normalized spacial score (nSPS) is 16.8. The van der Waals surface area contributed by atoms with Gasteiger partial charge in [0, 0.05) is 17.3 Å². The first-order chi connectivity index (χ1) is 10.3. The van der Waals surface area contributed by atoms with E-state index in [0.717, 1.165) is 23.7 Å². The lowest BCUT2D eigenvalue weighted by atomic mass is 9.87. The Morgan fingerprint density at radius 1 is 1.29 bits per heavy atom. The van der Waals surface area contributed by atoms with Crippen molar-refractivity contribution in [2.75, 3.05) is 18.5 Å². The van der Waals surface area contributed by atoms with Crippen LogP contribution >= 0.6 is 0 Å². The highest BCUT2D eigenvalue weighted by Gasteiger charge is 2.33. The van der Waals surface area contributed by atoms with E-state index in [-0.39, 0.29) is 12.0 Å². The predicted molar refractivity (Wildman–Crippen MR) is 82.9 cm³/mol. The fourth-order valence-electron chi connectivity index (χ4n) is 3.12. The molecule has 0 saturated heterocycles. The van der Waals surface area contributed by atoms with Crippen molar-refractivity contribution in [1.29, 1.82) is 5.26 Å². The fourth-order valence-corrected chi connectivity index (χ4v) is 3.12. The summed E-state index contributed by atoms with van der Waals surface area (Å²) in [7, 11) is 0. The molecule has 108 valence electrons. The summed E-state index contributed by atoms with van der Waals surface area (Å²) in [6, 6.07) is 11.9. The molecule has 0 amide bonds. The van der Waals surface area contributed by atoms with E-state index in [1.165, 1.54) is 12.8 Å². The Labute approximate surface area is 124 Å². The van der Waals surface area contributed by atoms with Crippen molar-refractivity contribution in [3.05, 3.63) is 35.9 Å². The number of hydrogen-bond acceptors (Lipinski definition) is 4. The maximum absolute atomic E-state index is 9.67. The highest BCUT2D eigenvalue weighted by atomic mass is 16.3. The topological polar surface area (TPSA) is 68.9 Å². The van der Waals surface area contributed by atoms with E-state index in [1.807, 2.05) is 30.3 Å². The molecule has 0 atom stereocenters. The number of nitrogens with one attached hydrogen (secondary N) is 1. The molecule has 1 fully saturated rings. The molecule has 0 bridgehead atoms. The summed E-state index contributed by atoms with van der Waals surface area (Å²) in [4.78, 5) is 4.56. The Bertz CT molecular complexity index is 684. The maximum Gasteiger partial charge on any atom is 0.144 e. The van der Waals surface area contributed by atoms with Crippen LogP contribution in [0.4, 0.5) is 5.82 Å². The third-order valence-corrected chi connectivity index (χ3v) is 4.47. The summed E-state index contributed by atoms with van der Waals surface area (Å²) < 4.78 is 0. The van der Waals surface area contributed by atoms with E-state index < -0.39 is 0 Å². The first-order valence-corrected chi connectivity index (χ1v) is 7.41. The SMILES string of the molecule is N#Cc1cc2ccccc2nc1NCC1(CO)CCCC1. The van der Waals surface area contributed by atoms with Crippen LogP contribution in [0.2, 0.25) is 0 Å². The van der Waals surface area contributed by atoms with Gasteiger partial charge in [-0.2, -0.15) is 5.26 Å². The predicted octanol–water partition coefficient (Wildman–Crippen LogP) is 3.07. The van der Waals surface area contributed by atoms with Crippen LogP contribution in [-0.2, 0) is 0 Å². The van der Waals surface area contributed by atoms with Crippen LogP contribution < -0.4 is 5.32 Å². The van der Waals surface area contributed by atoms with Crippen molar-refractivity contribution in [3.63, 3.8) is 0 Å². The highest BCUT2D eigenvalue weighted by Crippen LogP contribution is 2.37. The van der Waals surface area contributed by atoms with E-state index >= 15 is 0 Å². The smallest absolute Gasteiger partial charge is 0.144 e. The van der Waals surface area contributed by atoms with Crippen LogP contribution in [-0.4, -0.2) is 23.2 Å². The number of pyridine rings is 1. The molecule has 2 N–H and O–H groups in total. The minimum absolute atomic E-state index is 0.0555. The van der Waals surface area contributed by atoms with Crippen LogP contribution in [0.25, 0.3) is 10.9 Å². The van der Waals surface area contributed by atoms with Crippen LogP contribution in [0, 0.1) is 16.7 Å². The zero-order valence-corrected chi connectivity index (χ0v) is 12.0. The van der Waals surface area contributed by atoms with E-state index in [2.05, 4.69) is 16.4 Å². The molecule has 1 heterocycles. The first kappa shape index (κ1) is 13.8. The van der Waals surface area contributed by atoms with Crippen molar-refractivity contribution in [2.45, 2.75) is 25.7 Å². The van der Waals surface area contributed by atoms with Crippen LogP contribution in [0.5, 0.6) is 0 Å². The number of aromatic nitrogens is 1. The third-order valence-electron chi connectivity index (χ3n) is 4.47. The Morgan fingerprint density at radius 3 is 2.76 bits per heavy atom. The number of benzene rings is 1. The van der Waals surface area contributed by atoms with E-state index in [4.69, 9.17) is 0 Å². The van der Waals surface area contributed by atoms with Gasteiger partial charge in [0.1, 0.15) is 11.9 Å². The van der Waals surface area contributed by atoms with Gasteiger partial charge in [0.05, 0.1) is 17.7 Å². The number of aliphatic hydroxyl groups excluding tert-OH is 1. The maximum atomic E-state index is 9.67. The number of nitrogens with zero attached hydrogens (tertiary/aromatic N) is 2. The largest absolute Gasteiger partial charge is 0.396 e. The molecule has 1 aromatic carbocycles. The van der Waals surface area contributed by atoms with Gasteiger partial charge in [0.2, 0.25) is 0 Å². The lowest BCUT2D eigenvalue weighted by Gasteiger charge is -2.27. The molecule has 2 aromatic rings. The standard InChI is InChI=1S/C17H19N3O/c18-10-14-9-13-5-1-2-6-15(13)20-16(14)19-11-17(12-21)7-3-4-8-17/h1-2,5-6,9,21H,3-4,7-8,11-12H2,(H,19,20). The van der Waals surface area contributed by atoms with Gasteiger partial charge in [0.25, 0.3) is 0 Å². The third kappa shape index (κ3) is 2.70. The number of nitriles is 1. The molecule has 0 unspecified atom stereocenters. The van der Waals surface area contributed by atoms with E-state index in [1.54, 1.807) is 0 Å². The van der Waals surface area contributed by atoms with Crippen molar-refractivity contribution in [3.8, 4) is 6.07 Å². The monoisotopic (exact) mass is 281 g/mol. The molecule has 0 aliphatic heterocycles. The first-order valence-electron chi connectivity index (χ1n) is 7.41. The molecule has 0 radical (unpaired) electrons. The second-order valence-corrected chi connectivity index (χ2v) is 5.91. The van der Waals surface area contributed by atoms with Crippen molar-refractivity contribution < 1.29 is 5.11 Å². The molecule has 1 aliphatic carbocycles. The molecule has 21 heavy (non-hydrogen) atoms. The Morgan fingerprint density at radius 2 is 2.05 bits per heavy atom. The lowest BCUT2D eigenvalue weighted by molar-refractivity contribution is 0.142. The number of rotatable bonds is 4. The zero-order chi connectivity index (χ0) is 14.7. The van der Waals surface area contributed by atoms with Crippen LogP contribution in [0.15, 0.2) is 30.3 Å². The van der Waals surface area contributed by atoms with Gasteiger partial charge in [-0.25, -0.2) is 4.98 Å².